The van der Waals surface area contributed by atoms with E-state index in [1.807, 2.05) is 6.33 Å². The highest BCUT2D eigenvalue weighted by atomic mass is 15.3. The van der Waals surface area contributed by atoms with Gasteiger partial charge in [-0.05, 0) is 19.3 Å². The fourth-order valence-electron chi connectivity index (χ4n) is 2.89. The predicted octanol–water partition coefficient (Wildman–Crippen LogP) is 2.63. The Morgan fingerprint density at radius 2 is 2.18 bits per heavy atom. The van der Waals surface area contributed by atoms with Crippen LogP contribution in [-0.4, -0.2) is 21.3 Å². The summed E-state index contributed by atoms with van der Waals surface area (Å²) in [5.74, 6) is 1.49. The first-order valence-corrected chi connectivity index (χ1v) is 6.96. The number of rotatable bonds is 5. The predicted molar refractivity (Wildman–Crippen MR) is 68.8 cm³/mol. The van der Waals surface area contributed by atoms with Gasteiger partial charge in [0.25, 0.3) is 0 Å². The minimum atomic E-state index is 0.379. The lowest BCUT2D eigenvalue weighted by Crippen LogP contribution is -2.21. The monoisotopic (exact) mass is 236 g/mol. The van der Waals surface area contributed by atoms with E-state index in [4.69, 9.17) is 5.73 Å². The summed E-state index contributed by atoms with van der Waals surface area (Å²) in [4.78, 5) is 0. The minimum absolute atomic E-state index is 0.379. The van der Waals surface area contributed by atoms with Crippen molar-refractivity contribution in [1.82, 2.24) is 14.8 Å². The molecule has 1 aliphatic rings. The summed E-state index contributed by atoms with van der Waals surface area (Å²) in [7, 11) is 0. The summed E-state index contributed by atoms with van der Waals surface area (Å²) in [6, 6.07) is 0.611. The zero-order valence-corrected chi connectivity index (χ0v) is 10.8. The Morgan fingerprint density at radius 1 is 1.41 bits per heavy atom. The minimum Gasteiger partial charge on any atom is -0.330 e. The van der Waals surface area contributed by atoms with Crippen LogP contribution in [0.2, 0.25) is 0 Å². The fraction of sp³-hybridized carbons (Fsp3) is 0.846. The van der Waals surface area contributed by atoms with Crippen LogP contribution in [-0.2, 0) is 0 Å². The molecule has 0 bridgehead atoms. The molecule has 1 atom stereocenters. The van der Waals surface area contributed by atoms with Crippen LogP contribution < -0.4 is 5.73 Å². The van der Waals surface area contributed by atoms with Gasteiger partial charge in [0, 0.05) is 18.5 Å². The summed E-state index contributed by atoms with van der Waals surface area (Å²) in [6.07, 6.45) is 10.8. The van der Waals surface area contributed by atoms with Gasteiger partial charge in [0.05, 0.1) is 0 Å². The van der Waals surface area contributed by atoms with Gasteiger partial charge < -0.3 is 10.3 Å². The molecule has 96 valence electrons. The van der Waals surface area contributed by atoms with Crippen LogP contribution in [0.5, 0.6) is 0 Å². The third-order valence-electron chi connectivity index (χ3n) is 3.86. The zero-order valence-electron chi connectivity index (χ0n) is 10.8. The molecule has 0 spiro atoms. The normalized spacial score (nSPS) is 19.4. The van der Waals surface area contributed by atoms with E-state index in [9.17, 15) is 0 Å². The van der Waals surface area contributed by atoms with Crippen molar-refractivity contribution in [2.24, 2.45) is 5.73 Å². The van der Waals surface area contributed by atoms with E-state index in [1.165, 1.54) is 32.1 Å². The molecule has 1 aromatic heterocycles. The second-order valence-electron chi connectivity index (χ2n) is 5.11. The van der Waals surface area contributed by atoms with E-state index < -0.39 is 0 Å². The van der Waals surface area contributed by atoms with Crippen molar-refractivity contribution in [2.75, 3.05) is 6.54 Å². The van der Waals surface area contributed by atoms with Crippen molar-refractivity contribution in [3.8, 4) is 0 Å². The summed E-state index contributed by atoms with van der Waals surface area (Å²) >= 11 is 0. The first-order chi connectivity index (χ1) is 8.36. The lowest BCUT2D eigenvalue weighted by Gasteiger charge is -2.26. The van der Waals surface area contributed by atoms with Crippen LogP contribution in [0.1, 0.15) is 69.7 Å². The van der Waals surface area contributed by atoms with Gasteiger partial charge in [0.2, 0.25) is 0 Å². The van der Waals surface area contributed by atoms with Crippen molar-refractivity contribution in [3.05, 3.63) is 12.2 Å². The lowest BCUT2D eigenvalue weighted by atomic mass is 9.94. The maximum Gasteiger partial charge on any atom is 0.137 e. The zero-order chi connectivity index (χ0) is 12.1. The largest absolute Gasteiger partial charge is 0.330 e. The van der Waals surface area contributed by atoms with Crippen LogP contribution in [0.3, 0.4) is 0 Å². The highest BCUT2D eigenvalue weighted by Crippen LogP contribution is 2.30. The molecule has 1 aliphatic carbocycles. The lowest BCUT2D eigenvalue weighted by molar-refractivity contribution is 0.338. The van der Waals surface area contributed by atoms with Gasteiger partial charge in [0.1, 0.15) is 12.2 Å². The molecule has 0 aliphatic heterocycles. The maximum absolute atomic E-state index is 5.87. The SMILES string of the molecule is CCCC(CN)c1nncn1C1CCCCC1. The molecular formula is C13H24N4. The van der Waals surface area contributed by atoms with Crippen molar-refractivity contribution in [2.45, 2.75) is 63.8 Å². The molecule has 0 amide bonds. The topological polar surface area (TPSA) is 56.7 Å². The van der Waals surface area contributed by atoms with E-state index in [-0.39, 0.29) is 0 Å². The van der Waals surface area contributed by atoms with Gasteiger partial charge in [-0.3, -0.25) is 0 Å². The fourth-order valence-corrected chi connectivity index (χ4v) is 2.89. The molecule has 2 rings (SSSR count). The van der Waals surface area contributed by atoms with Crippen LogP contribution in [0.25, 0.3) is 0 Å². The summed E-state index contributed by atoms with van der Waals surface area (Å²) in [6.45, 7) is 2.88. The maximum atomic E-state index is 5.87. The van der Waals surface area contributed by atoms with Crippen LogP contribution >= 0.6 is 0 Å². The van der Waals surface area contributed by atoms with E-state index in [1.54, 1.807) is 0 Å². The van der Waals surface area contributed by atoms with Crippen molar-refractivity contribution >= 4 is 0 Å². The van der Waals surface area contributed by atoms with Crippen molar-refractivity contribution < 1.29 is 0 Å². The average Bonchev–Trinajstić information content (AvgIpc) is 2.86. The molecule has 17 heavy (non-hydrogen) atoms. The molecule has 1 heterocycles. The Kier molecular flexibility index (Phi) is 4.54. The molecule has 4 heteroatoms. The average molecular weight is 236 g/mol. The van der Waals surface area contributed by atoms with Gasteiger partial charge in [-0.2, -0.15) is 0 Å². The first-order valence-electron chi connectivity index (χ1n) is 6.96. The van der Waals surface area contributed by atoms with Crippen LogP contribution in [0.4, 0.5) is 0 Å². The summed E-state index contributed by atoms with van der Waals surface area (Å²) in [5.41, 5.74) is 5.87. The third kappa shape index (κ3) is 2.86. The summed E-state index contributed by atoms with van der Waals surface area (Å²) < 4.78 is 2.30. The van der Waals surface area contributed by atoms with Gasteiger partial charge in [-0.25, -0.2) is 0 Å². The van der Waals surface area contributed by atoms with Crippen LogP contribution in [0, 0.1) is 0 Å². The number of nitrogens with zero attached hydrogens (tertiary/aromatic N) is 3. The Hall–Kier alpha value is -0.900. The van der Waals surface area contributed by atoms with Gasteiger partial charge in [0.15, 0.2) is 0 Å². The number of nitrogens with two attached hydrogens (primary N) is 1. The number of aromatic nitrogens is 3. The van der Waals surface area contributed by atoms with E-state index >= 15 is 0 Å². The highest BCUT2D eigenvalue weighted by Gasteiger charge is 2.22. The molecule has 1 unspecified atom stereocenters. The van der Waals surface area contributed by atoms with Gasteiger partial charge >= 0.3 is 0 Å². The third-order valence-corrected chi connectivity index (χ3v) is 3.86. The highest BCUT2D eigenvalue weighted by molar-refractivity contribution is 4.99. The molecule has 1 aromatic rings. The molecule has 4 nitrogen and oxygen atoms in total. The first kappa shape index (κ1) is 12.6. The summed E-state index contributed by atoms with van der Waals surface area (Å²) in [5, 5.41) is 8.42. The van der Waals surface area contributed by atoms with Crippen molar-refractivity contribution in [1.29, 1.82) is 0 Å². The second kappa shape index (κ2) is 6.15. The van der Waals surface area contributed by atoms with Crippen molar-refractivity contribution in [3.63, 3.8) is 0 Å². The Bertz CT molecular complexity index is 309. The van der Waals surface area contributed by atoms with Crippen LogP contribution in [0.15, 0.2) is 6.33 Å². The van der Waals surface area contributed by atoms with E-state index in [0.29, 0.717) is 18.5 Å². The standard InChI is InChI=1S/C13H24N4/c1-2-6-11(9-14)13-16-15-10-17(13)12-7-4-3-5-8-12/h10-12H,2-9,14H2,1H3. The quantitative estimate of drug-likeness (QED) is 0.855. The molecular weight excluding hydrogens is 212 g/mol. The molecule has 0 saturated heterocycles. The van der Waals surface area contributed by atoms with Gasteiger partial charge in [-0.15, -0.1) is 10.2 Å². The molecule has 1 saturated carbocycles. The second-order valence-corrected chi connectivity index (χ2v) is 5.11. The van der Waals surface area contributed by atoms with E-state index in [2.05, 4.69) is 21.7 Å². The molecule has 2 N–H and O–H groups in total. The Labute approximate surface area is 104 Å². The molecule has 0 aromatic carbocycles. The van der Waals surface area contributed by atoms with E-state index in [0.717, 1.165) is 18.7 Å². The molecule has 0 radical (unpaired) electrons. The molecule has 1 fully saturated rings. The number of hydrogen-bond acceptors (Lipinski definition) is 3. The Morgan fingerprint density at radius 3 is 2.82 bits per heavy atom. The smallest absolute Gasteiger partial charge is 0.137 e. The number of hydrogen-bond donors (Lipinski definition) is 1. The van der Waals surface area contributed by atoms with Gasteiger partial charge in [-0.1, -0.05) is 32.6 Å². The Balaban J connectivity index is 2.14.